The predicted octanol–water partition coefficient (Wildman–Crippen LogP) is 13.6. The first kappa shape index (κ1) is 34.0. The molecule has 0 aromatic carbocycles. The molecule has 0 heterocycles. The molecule has 0 bridgehead atoms. The Bertz CT molecular complexity index is 324. The van der Waals surface area contributed by atoms with E-state index in [1.807, 2.05) is 0 Å². The second kappa shape index (κ2) is 19.1. The molecule has 0 radical (unpaired) electrons. The lowest BCUT2D eigenvalue weighted by Crippen LogP contribution is -1.58. The topological polar surface area (TPSA) is 0 Å². The zero-order valence-corrected chi connectivity index (χ0v) is 36.5. The Morgan fingerprint density at radius 2 is 0.958 bits per heavy atom. The lowest BCUT2D eigenvalue weighted by Gasteiger charge is -2.45. The monoisotopic (exact) mass is 768 g/mol. The maximum Gasteiger partial charge on any atom is 0.0291 e. The summed E-state index contributed by atoms with van der Waals surface area (Å²) in [6.45, 7) is 0.0915. The summed E-state index contributed by atoms with van der Waals surface area (Å²) >= 11 is 5.83. The van der Waals surface area contributed by atoms with Gasteiger partial charge in [0.05, 0.1) is 0 Å². The molecular weight excluding hydrogens is 744 g/mol. The van der Waals surface area contributed by atoms with E-state index >= 15 is 0 Å². The zero-order valence-electron chi connectivity index (χ0n) is 12.2. The molecule has 0 aliphatic carbocycles. The van der Waals surface area contributed by atoms with Crippen molar-refractivity contribution in [3.63, 3.8) is 0 Å². The van der Waals surface area contributed by atoms with Gasteiger partial charge in [-0.25, -0.2) is 0 Å². The van der Waals surface area contributed by atoms with Crippen molar-refractivity contribution in [3.05, 3.63) is 0 Å². The summed E-state index contributed by atoms with van der Waals surface area (Å²) in [6, 6.07) is 0. The molecule has 0 saturated carbocycles. The molecule has 0 nitrogen and oxygen atoms in total. The number of hydrogen-bond donors (Lipinski definition) is 0. The van der Waals surface area contributed by atoms with Crippen molar-refractivity contribution in [2.75, 3.05) is 0 Å². The first-order chi connectivity index (χ1) is 11.0. The minimum absolute atomic E-state index is 0.00545. The molecule has 24 heteroatoms. The molecule has 0 aliphatic rings. The maximum absolute atomic E-state index is 5.83. The van der Waals surface area contributed by atoms with E-state index in [0.717, 1.165) is 7.96 Å². The van der Waals surface area contributed by atoms with Crippen LogP contribution < -0.4 is 0 Å². The second-order valence-electron chi connectivity index (χ2n) is 3.47. The van der Waals surface area contributed by atoms with Crippen molar-refractivity contribution in [2.45, 2.75) is 0 Å². The Balaban J connectivity index is 6.17. The largest absolute Gasteiger partial charge is 0.109 e. The van der Waals surface area contributed by atoms with Gasteiger partial charge in [0.1, 0.15) is 0 Å². The van der Waals surface area contributed by atoms with Crippen LogP contribution in [-0.2, 0) is 11.8 Å². The number of hydrogen-bond acceptors (Lipinski definition) is 1. The van der Waals surface area contributed by atoms with Gasteiger partial charge < -0.3 is 0 Å². The van der Waals surface area contributed by atoms with Gasteiger partial charge in [0.2, 0.25) is 0 Å². The predicted molar refractivity (Wildman–Crippen MR) is 199 cm³/mol. The molecule has 0 saturated heterocycles. The average Bonchev–Trinajstić information content (AvgIpc) is 2.42. The molecule has 15 unspecified atom stereocenters. The third kappa shape index (κ3) is 12.3. The zero-order chi connectivity index (χ0) is 19.2. The molecular formula is H23P23S. The van der Waals surface area contributed by atoms with E-state index in [9.17, 15) is 0 Å². The quantitative estimate of drug-likeness (QED) is 0.189. The molecule has 24 heavy (non-hydrogen) atoms. The van der Waals surface area contributed by atoms with Gasteiger partial charge in [-0.15, -0.1) is 98.2 Å². The van der Waals surface area contributed by atoms with E-state index in [-0.39, 0.29) is 69.9 Å². The Morgan fingerprint density at radius 1 is 0.583 bits per heavy atom. The van der Waals surface area contributed by atoms with Crippen molar-refractivity contribution in [2.24, 2.45) is 0 Å². The van der Waals surface area contributed by atoms with Crippen LogP contribution in [0.25, 0.3) is 0 Å². The Labute approximate surface area is 193 Å². The molecule has 15 atom stereocenters. The summed E-state index contributed by atoms with van der Waals surface area (Å²) in [5.41, 5.74) is 0. The van der Waals surface area contributed by atoms with E-state index in [4.69, 9.17) is 11.8 Å². The van der Waals surface area contributed by atoms with Gasteiger partial charge in [0.15, 0.2) is 0 Å². The van der Waals surface area contributed by atoms with Gasteiger partial charge >= 0.3 is 0 Å². The highest BCUT2D eigenvalue weighted by Crippen LogP contribution is 3.31. The summed E-state index contributed by atoms with van der Waals surface area (Å²) < 4.78 is 0. The SMILES string of the molecule is PPP(P(P)P)P(P(P=S)P(P(P)P)P(P)P)P(P(P)P)P(P)P. The van der Waals surface area contributed by atoms with Crippen LogP contribution in [0, 0.1) is 0 Å². The normalized spacial score (nSPS) is 17.8. The maximum atomic E-state index is 5.83. The highest BCUT2D eigenvalue weighted by molar-refractivity contribution is 9.38. The third-order valence-corrected chi connectivity index (χ3v) is 153. The van der Waals surface area contributed by atoms with Crippen molar-refractivity contribution in [1.29, 1.82) is 0 Å². The van der Waals surface area contributed by atoms with Crippen LogP contribution in [0.2, 0.25) is 0 Å². The second-order valence-corrected chi connectivity index (χ2v) is 93.8. The van der Waals surface area contributed by atoms with Crippen LogP contribution in [0.3, 0.4) is 0 Å². The van der Waals surface area contributed by atoms with Crippen molar-refractivity contribution in [3.8, 4) is 0 Å². The van der Waals surface area contributed by atoms with E-state index in [0.29, 0.717) is 0 Å². The van der Waals surface area contributed by atoms with Crippen LogP contribution in [0.15, 0.2) is 0 Å². The van der Waals surface area contributed by atoms with Gasteiger partial charge in [-0.05, 0) is 55.9 Å². The van der Waals surface area contributed by atoms with Crippen LogP contribution in [0.5, 0.6) is 0 Å². The average molecular weight is 768 g/mol. The van der Waals surface area contributed by atoms with E-state index in [1.54, 1.807) is 0 Å². The number of rotatable bonds is 11. The molecule has 0 N–H and O–H groups in total. The minimum Gasteiger partial charge on any atom is -0.109 e. The lowest BCUT2D eigenvalue weighted by molar-refractivity contribution is 4.48. The molecule has 0 amide bonds. The highest BCUT2D eigenvalue weighted by atomic mass is 33.4. The van der Waals surface area contributed by atoms with Gasteiger partial charge in [0.25, 0.3) is 0 Å². The van der Waals surface area contributed by atoms with E-state index in [2.05, 4.69) is 98.2 Å². The Morgan fingerprint density at radius 3 is 1.17 bits per heavy atom. The third-order valence-electron chi connectivity index (χ3n) is 1.88. The molecule has 0 aromatic rings. The van der Waals surface area contributed by atoms with Crippen molar-refractivity contribution in [1.82, 2.24) is 0 Å². The molecule has 0 aromatic heterocycles. The van der Waals surface area contributed by atoms with Crippen molar-refractivity contribution < 1.29 is 0 Å². The molecule has 0 fully saturated rings. The van der Waals surface area contributed by atoms with Crippen molar-refractivity contribution >= 4 is 195 Å². The standard InChI is InChI=1S/H23P23S/c1-12-19(14(2)3)23(22(17(8)9)18(10)11)20(13-24)21(15(4)5)16(6)7/h12H,1-11H2. The Kier molecular flexibility index (Phi) is 27.1. The summed E-state index contributed by atoms with van der Waals surface area (Å²) in [5, 5.41) is 0. The van der Waals surface area contributed by atoms with Gasteiger partial charge in [-0.3, -0.25) is 0 Å². The summed E-state index contributed by atoms with van der Waals surface area (Å²) in [7, 11) is 37.2. The highest BCUT2D eigenvalue weighted by Gasteiger charge is 2.44. The molecule has 0 rings (SSSR count). The van der Waals surface area contributed by atoms with Gasteiger partial charge in [-0.2, -0.15) is 0 Å². The minimum atomic E-state index is -0.0389. The van der Waals surface area contributed by atoms with Gasteiger partial charge in [-0.1, -0.05) is 19.8 Å². The van der Waals surface area contributed by atoms with E-state index in [1.165, 1.54) is 7.04 Å². The van der Waals surface area contributed by atoms with Crippen LogP contribution >= 0.6 is 183 Å². The first-order valence-corrected chi connectivity index (χ1v) is 47.5. The molecule has 0 spiro atoms. The fourth-order valence-corrected chi connectivity index (χ4v) is 286. The molecule has 0 aliphatic heterocycles. The Hall–Kier alpha value is 9.98. The molecule has 144 valence electrons. The van der Waals surface area contributed by atoms with Crippen LogP contribution in [0.4, 0.5) is 0 Å². The summed E-state index contributed by atoms with van der Waals surface area (Å²) in [4.78, 5) is 0. The fourth-order valence-electron chi connectivity index (χ4n) is 1.18. The van der Waals surface area contributed by atoms with E-state index < -0.39 is 0 Å². The fraction of sp³-hybridized carbons (Fsp3) is 0. The lowest BCUT2D eigenvalue weighted by atomic mass is 28.5. The summed E-state index contributed by atoms with van der Waals surface area (Å²) in [6.07, 6.45) is 0. The van der Waals surface area contributed by atoms with Crippen LogP contribution in [0.1, 0.15) is 0 Å². The summed E-state index contributed by atoms with van der Waals surface area (Å²) in [5.74, 6) is 0. The first-order valence-electron chi connectivity index (χ1n) is 5.28. The smallest absolute Gasteiger partial charge is 0.0291 e. The van der Waals surface area contributed by atoms with Gasteiger partial charge in [0, 0.05) is 21.0 Å². The van der Waals surface area contributed by atoms with Crippen LogP contribution in [-0.4, -0.2) is 0 Å².